The maximum atomic E-state index is 13.7. The molecule has 5 nitrogen and oxygen atoms in total. The zero-order valence-corrected chi connectivity index (χ0v) is 20.0. The van der Waals surface area contributed by atoms with Crippen molar-refractivity contribution in [2.45, 2.75) is 19.4 Å². The van der Waals surface area contributed by atoms with Crippen LogP contribution < -0.4 is 5.32 Å². The van der Waals surface area contributed by atoms with Crippen LogP contribution in [-0.2, 0) is 9.53 Å². The largest absolute Gasteiger partial charge is 0.507 e. The molecule has 1 unspecified atom stereocenters. The summed E-state index contributed by atoms with van der Waals surface area (Å²) in [7, 11) is 1.29. The Labute approximate surface area is 209 Å². The number of phenolic OH excluding ortho intramolecular Hbond substituents is 1. The Hall–Kier alpha value is -4.45. The van der Waals surface area contributed by atoms with E-state index in [1.54, 1.807) is 31.2 Å². The molecule has 0 aliphatic rings. The van der Waals surface area contributed by atoms with E-state index in [0.29, 0.717) is 16.7 Å². The van der Waals surface area contributed by atoms with E-state index in [2.05, 4.69) is 5.32 Å². The zero-order valence-electron chi connectivity index (χ0n) is 20.0. The number of rotatable bonds is 7. The highest BCUT2D eigenvalue weighted by Crippen LogP contribution is 2.29. The molecular weight excluding hydrogens is 457 g/mol. The lowest BCUT2D eigenvalue weighted by Crippen LogP contribution is -2.30. The standard InChI is InChI=1S/C30H26FNO4/c1-19-16-23(12-14-26(19)31)24-13-15-28(33)25(17-24)30(35)32-27(18-29(34)36-2)22-10-8-21(9-11-22)20-6-4-3-5-7-20/h3-17,27,33H,18H2,1-2H3,(H,32,35). The van der Waals surface area contributed by atoms with Gasteiger partial charge in [-0.15, -0.1) is 0 Å². The molecule has 1 atom stereocenters. The van der Waals surface area contributed by atoms with Crippen LogP contribution in [0.1, 0.15) is 33.9 Å². The molecule has 6 heteroatoms. The molecule has 0 bridgehead atoms. The van der Waals surface area contributed by atoms with E-state index in [4.69, 9.17) is 4.74 Å². The number of carbonyl (C=O) groups excluding carboxylic acids is 2. The SMILES string of the molecule is COC(=O)CC(NC(=O)c1cc(-c2ccc(F)c(C)c2)ccc1O)c1ccc(-c2ccccc2)cc1. The summed E-state index contributed by atoms with van der Waals surface area (Å²) < 4.78 is 18.5. The van der Waals surface area contributed by atoms with Crippen molar-refractivity contribution < 1.29 is 23.8 Å². The van der Waals surface area contributed by atoms with Crippen LogP contribution in [-0.4, -0.2) is 24.1 Å². The second kappa shape index (κ2) is 10.9. The lowest BCUT2D eigenvalue weighted by atomic mass is 9.98. The normalized spacial score (nSPS) is 11.5. The zero-order chi connectivity index (χ0) is 25.7. The molecular formula is C30H26FNO4. The quantitative estimate of drug-likeness (QED) is 0.307. The number of nitrogens with one attached hydrogen (secondary N) is 1. The first-order valence-corrected chi connectivity index (χ1v) is 11.5. The molecule has 0 radical (unpaired) electrons. The number of hydrogen-bond acceptors (Lipinski definition) is 4. The molecule has 1 amide bonds. The summed E-state index contributed by atoms with van der Waals surface area (Å²) in [4.78, 5) is 25.3. The van der Waals surface area contributed by atoms with Gasteiger partial charge in [0.05, 0.1) is 25.1 Å². The third-order valence-electron chi connectivity index (χ3n) is 6.06. The number of halogens is 1. The predicted molar refractivity (Wildman–Crippen MR) is 137 cm³/mol. The average Bonchev–Trinajstić information content (AvgIpc) is 2.90. The fourth-order valence-corrected chi connectivity index (χ4v) is 4.00. The summed E-state index contributed by atoms with van der Waals surface area (Å²) in [6, 6.07) is 26.0. The van der Waals surface area contributed by atoms with Crippen molar-refractivity contribution in [3.05, 3.63) is 114 Å². The van der Waals surface area contributed by atoms with Gasteiger partial charge in [-0.1, -0.05) is 66.7 Å². The maximum absolute atomic E-state index is 13.7. The third kappa shape index (κ3) is 5.61. The molecule has 0 heterocycles. The van der Waals surface area contributed by atoms with Gasteiger partial charge in [0.15, 0.2) is 0 Å². The van der Waals surface area contributed by atoms with Crippen LogP contribution in [0.5, 0.6) is 5.75 Å². The minimum atomic E-state index is -0.675. The highest BCUT2D eigenvalue weighted by molar-refractivity contribution is 5.98. The number of aromatic hydroxyl groups is 1. The number of amides is 1. The number of ether oxygens (including phenoxy) is 1. The lowest BCUT2D eigenvalue weighted by molar-refractivity contribution is -0.141. The van der Waals surface area contributed by atoms with Gasteiger partial charge in [-0.2, -0.15) is 0 Å². The third-order valence-corrected chi connectivity index (χ3v) is 6.06. The summed E-state index contributed by atoms with van der Waals surface area (Å²) in [6.45, 7) is 1.66. The van der Waals surface area contributed by atoms with Gasteiger partial charge in [0.25, 0.3) is 5.91 Å². The Morgan fingerprint density at radius 2 is 1.47 bits per heavy atom. The van der Waals surface area contributed by atoms with Gasteiger partial charge in [-0.3, -0.25) is 9.59 Å². The Kier molecular flexibility index (Phi) is 7.44. The van der Waals surface area contributed by atoms with Crippen LogP contribution in [0.3, 0.4) is 0 Å². The molecule has 4 aromatic carbocycles. The second-order valence-electron chi connectivity index (χ2n) is 8.49. The van der Waals surface area contributed by atoms with Crippen LogP contribution in [0.25, 0.3) is 22.3 Å². The summed E-state index contributed by atoms with van der Waals surface area (Å²) in [5.74, 6) is -1.55. The maximum Gasteiger partial charge on any atom is 0.307 e. The van der Waals surface area contributed by atoms with Gasteiger partial charge in [-0.25, -0.2) is 4.39 Å². The molecule has 2 N–H and O–H groups in total. The van der Waals surface area contributed by atoms with E-state index in [1.807, 2.05) is 54.6 Å². The molecule has 0 aliphatic carbocycles. The summed E-state index contributed by atoms with van der Waals surface area (Å²) in [5, 5.41) is 13.3. The van der Waals surface area contributed by atoms with Crippen LogP contribution >= 0.6 is 0 Å². The van der Waals surface area contributed by atoms with Crippen LogP contribution in [0.2, 0.25) is 0 Å². The molecule has 0 saturated heterocycles. The average molecular weight is 484 g/mol. The number of phenols is 1. The van der Waals surface area contributed by atoms with Crippen molar-refractivity contribution in [3.63, 3.8) is 0 Å². The lowest BCUT2D eigenvalue weighted by Gasteiger charge is -2.19. The van der Waals surface area contributed by atoms with Gasteiger partial charge in [0, 0.05) is 0 Å². The summed E-state index contributed by atoms with van der Waals surface area (Å²) >= 11 is 0. The van der Waals surface area contributed by atoms with Gasteiger partial charge < -0.3 is 15.2 Å². The minimum absolute atomic E-state index is 0.0465. The number of hydrogen-bond donors (Lipinski definition) is 2. The number of esters is 1. The first-order valence-electron chi connectivity index (χ1n) is 11.5. The minimum Gasteiger partial charge on any atom is -0.507 e. The van der Waals surface area contributed by atoms with Crippen molar-refractivity contribution in [1.29, 1.82) is 0 Å². The highest BCUT2D eigenvalue weighted by Gasteiger charge is 2.22. The smallest absolute Gasteiger partial charge is 0.307 e. The van der Waals surface area contributed by atoms with Gasteiger partial charge in [-0.05, 0) is 64.6 Å². The van der Waals surface area contributed by atoms with Gasteiger partial charge in [0.2, 0.25) is 0 Å². The first-order chi connectivity index (χ1) is 17.4. The first kappa shape index (κ1) is 24.7. The molecule has 182 valence electrons. The number of aryl methyl sites for hydroxylation is 1. The van der Waals surface area contributed by atoms with Crippen LogP contribution in [0.15, 0.2) is 91.0 Å². The Balaban J connectivity index is 1.61. The van der Waals surface area contributed by atoms with E-state index in [-0.39, 0.29) is 23.6 Å². The van der Waals surface area contributed by atoms with Crippen LogP contribution in [0.4, 0.5) is 4.39 Å². The molecule has 0 aliphatic heterocycles. The fraction of sp³-hybridized carbons (Fsp3) is 0.133. The van der Waals surface area contributed by atoms with Gasteiger partial charge in [0.1, 0.15) is 11.6 Å². The van der Waals surface area contributed by atoms with Crippen molar-refractivity contribution in [2.75, 3.05) is 7.11 Å². The fourth-order valence-electron chi connectivity index (χ4n) is 4.00. The van der Waals surface area contributed by atoms with Crippen molar-refractivity contribution in [2.24, 2.45) is 0 Å². The predicted octanol–water partition coefficient (Wildman–Crippen LogP) is 6.21. The Bertz CT molecular complexity index is 1380. The molecule has 0 fully saturated rings. The number of carbonyl (C=O) groups is 2. The second-order valence-corrected chi connectivity index (χ2v) is 8.49. The molecule has 0 saturated carbocycles. The topological polar surface area (TPSA) is 75.6 Å². The molecule has 4 aromatic rings. The molecule has 0 spiro atoms. The van der Waals surface area contributed by atoms with Crippen LogP contribution in [0, 0.1) is 12.7 Å². The number of benzene rings is 4. The molecule has 36 heavy (non-hydrogen) atoms. The van der Waals surface area contributed by atoms with Gasteiger partial charge >= 0.3 is 5.97 Å². The van der Waals surface area contributed by atoms with E-state index >= 15 is 0 Å². The Morgan fingerprint density at radius 3 is 2.14 bits per heavy atom. The van der Waals surface area contributed by atoms with E-state index in [1.165, 1.54) is 19.2 Å². The van der Waals surface area contributed by atoms with E-state index < -0.39 is 17.9 Å². The van der Waals surface area contributed by atoms with Crippen molar-refractivity contribution >= 4 is 11.9 Å². The highest BCUT2D eigenvalue weighted by atomic mass is 19.1. The van der Waals surface area contributed by atoms with Crippen molar-refractivity contribution in [1.82, 2.24) is 5.32 Å². The monoisotopic (exact) mass is 483 g/mol. The summed E-state index contributed by atoms with van der Waals surface area (Å²) in [5.41, 5.74) is 4.66. The Morgan fingerprint density at radius 1 is 0.861 bits per heavy atom. The number of methoxy groups -OCH3 is 1. The summed E-state index contributed by atoms with van der Waals surface area (Å²) in [6.07, 6.45) is -0.0788. The van der Waals surface area contributed by atoms with E-state index in [9.17, 15) is 19.1 Å². The van der Waals surface area contributed by atoms with Crippen molar-refractivity contribution in [3.8, 4) is 28.0 Å². The molecule has 4 rings (SSSR count). The molecule has 0 aromatic heterocycles. The van der Waals surface area contributed by atoms with E-state index in [0.717, 1.165) is 16.7 Å².